The molecule has 1 saturated carbocycles. The first-order valence-electron chi connectivity index (χ1n) is 9.53. The summed E-state index contributed by atoms with van der Waals surface area (Å²) < 4.78 is 16.0. The van der Waals surface area contributed by atoms with Gasteiger partial charge in [-0.05, 0) is 49.2 Å². The average Bonchev–Trinajstić information content (AvgIpc) is 3.52. The monoisotopic (exact) mass is 387 g/mol. The lowest BCUT2D eigenvalue weighted by molar-refractivity contribution is 0.0951. The third kappa shape index (κ3) is 3.24. The second-order valence-electron chi connectivity index (χ2n) is 7.10. The number of hydrogen-bond donors (Lipinski definition) is 1. The maximum atomic E-state index is 14.0. The van der Waals surface area contributed by atoms with E-state index in [1.165, 1.54) is 12.1 Å². The summed E-state index contributed by atoms with van der Waals surface area (Å²) >= 11 is 0. The molecule has 2 aromatic heterocycles. The van der Waals surface area contributed by atoms with E-state index in [1.54, 1.807) is 18.3 Å². The fourth-order valence-corrected chi connectivity index (χ4v) is 3.48. The lowest BCUT2D eigenvalue weighted by atomic mass is 10.1. The Morgan fingerprint density at radius 3 is 2.69 bits per heavy atom. The Hall–Kier alpha value is -3.61. The van der Waals surface area contributed by atoms with Crippen molar-refractivity contribution in [3.63, 3.8) is 0 Å². The van der Waals surface area contributed by atoms with Crippen molar-refractivity contribution in [1.29, 1.82) is 0 Å². The highest BCUT2D eigenvalue weighted by Gasteiger charge is 2.31. The number of carbonyl (C=O) groups is 1. The molecule has 2 aromatic carbocycles. The highest BCUT2D eigenvalue weighted by Crippen LogP contribution is 2.40. The number of amides is 1. The third-order valence-electron chi connectivity index (χ3n) is 5.08. The molecule has 0 aliphatic heterocycles. The molecule has 7 heteroatoms. The van der Waals surface area contributed by atoms with E-state index in [-0.39, 0.29) is 12.5 Å². The molecule has 0 unspecified atom stereocenters. The zero-order valence-corrected chi connectivity index (χ0v) is 15.5. The van der Waals surface area contributed by atoms with Crippen LogP contribution >= 0.6 is 0 Å². The molecule has 0 atom stereocenters. The van der Waals surface area contributed by atoms with Crippen molar-refractivity contribution in [3.8, 4) is 5.69 Å². The molecule has 0 radical (unpaired) electrons. The molecule has 144 valence electrons. The van der Waals surface area contributed by atoms with Crippen LogP contribution in [0.15, 0.2) is 60.8 Å². The van der Waals surface area contributed by atoms with Crippen LogP contribution in [-0.4, -0.2) is 25.7 Å². The van der Waals surface area contributed by atoms with Gasteiger partial charge in [0, 0.05) is 23.2 Å². The number of nitrogens with one attached hydrogen (secondary N) is 1. The molecular formula is C22H18FN5O. The lowest BCUT2D eigenvalue weighted by Crippen LogP contribution is -2.25. The molecule has 29 heavy (non-hydrogen) atoms. The van der Waals surface area contributed by atoms with Gasteiger partial charge in [0.15, 0.2) is 5.82 Å². The van der Waals surface area contributed by atoms with Crippen molar-refractivity contribution >= 4 is 16.8 Å². The van der Waals surface area contributed by atoms with Gasteiger partial charge in [-0.25, -0.2) is 4.39 Å². The molecule has 2 heterocycles. The van der Waals surface area contributed by atoms with E-state index in [9.17, 15) is 9.18 Å². The Kier molecular flexibility index (Phi) is 4.27. The highest BCUT2D eigenvalue weighted by atomic mass is 19.1. The number of halogens is 1. The first-order valence-corrected chi connectivity index (χ1v) is 9.53. The van der Waals surface area contributed by atoms with Gasteiger partial charge in [0.05, 0.1) is 17.6 Å². The molecule has 1 aliphatic rings. The van der Waals surface area contributed by atoms with Gasteiger partial charge >= 0.3 is 0 Å². The van der Waals surface area contributed by atoms with Crippen LogP contribution < -0.4 is 5.32 Å². The van der Waals surface area contributed by atoms with Crippen LogP contribution in [0.1, 0.15) is 40.8 Å². The van der Waals surface area contributed by atoms with Crippen LogP contribution in [0, 0.1) is 5.82 Å². The minimum atomic E-state index is -0.400. The summed E-state index contributed by atoms with van der Waals surface area (Å²) in [5.74, 6) is 1.27. The van der Waals surface area contributed by atoms with Crippen molar-refractivity contribution in [2.75, 3.05) is 0 Å². The molecule has 1 amide bonds. The second-order valence-corrected chi connectivity index (χ2v) is 7.10. The van der Waals surface area contributed by atoms with Crippen molar-refractivity contribution < 1.29 is 9.18 Å². The number of para-hydroxylation sites is 1. The van der Waals surface area contributed by atoms with E-state index in [2.05, 4.69) is 20.5 Å². The summed E-state index contributed by atoms with van der Waals surface area (Å²) in [6, 6.07) is 15.9. The number of carbonyl (C=O) groups excluding carboxylic acids is 1. The maximum Gasteiger partial charge on any atom is 0.253 e. The van der Waals surface area contributed by atoms with E-state index in [0.29, 0.717) is 28.2 Å². The van der Waals surface area contributed by atoms with E-state index in [0.717, 1.165) is 24.4 Å². The van der Waals surface area contributed by atoms with E-state index in [1.807, 2.05) is 34.9 Å². The predicted octanol–water partition coefficient (Wildman–Crippen LogP) is 3.76. The van der Waals surface area contributed by atoms with Crippen LogP contribution in [-0.2, 0) is 6.54 Å². The highest BCUT2D eigenvalue weighted by molar-refractivity contribution is 6.05. The van der Waals surface area contributed by atoms with Crippen molar-refractivity contribution in [3.05, 3.63) is 83.8 Å². The molecule has 1 fully saturated rings. The lowest BCUT2D eigenvalue weighted by Gasteiger charge is -2.11. The fraction of sp³-hybridized carbons (Fsp3) is 0.182. The minimum Gasteiger partial charge on any atom is -0.345 e. The summed E-state index contributed by atoms with van der Waals surface area (Å²) in [5.41, 5.74) is 1.64. The quantitative estimate of drug-likeness (QED) is 0.566. The van der Waals surface area contributed by atoms with Crippen molar-refractivity contribution in [2.24, 2.45) is 0 Å². The number of aromatic nitrogens is 4. The fourth-order valence-electron chi connectivity index (χ4n) is 3.48. The predicted molar refractivity (Wildman–Crippen MR) is 106 cm³/mol. The number of benzene rings is 2. The van der Waals surface area contributed by atoms with Gasteiger partial charge in [0.25, 0.3) is 5.91 Å². The van der Waals surface area contributed by atoms with Gasteiger partial charge in [-0.2, -0.15) is 0 Å². The summed E-state index contributed by atoms with van der Waals surface area (Å²) in [7, 11) is 0. The Morgan fingerprint density at radius 2 is 1.90 bits per heavy atom. The van der Waals surface area contributed by atoms with Crippen LogP contribution in [0.25, 0.3) is 16.6 Å². The molecule has 1 N–H and O–H groups in total. The van der Waals surface area contributed by atoms with Gasteiger partial charge < -0.3 is 5.32 Å². The minimum absolute atomic E-state index is 0.207. The SMILES string of the molecule is O=C(NCc1nnc(C2CC2)n1-c1ccccc1)c1ccc(F)c2cccnc12. The summed E-state index contributed by atoms with van der Waals surface area (Å²) in [5, 5.41) is 11.9. The number of pyridine rings is 1. The summed E-state index contributed by atoms with van der Waals surface area (Å²) in [6.45, 7) is 0.207. The third-order valence-corrected chi connectivity index (χ3v) is 5.08. The van der Waals surface area contributed by atoms with E-state index >= 15 is 0 Å². The Morgan fingerprint density at radius 1 is 1.07 bits per heavy atom. The maximum absolute atomic E-state index is 14.0. The van der Waals surface area contributed by atoms with E-state index in [4.69, 9.17) is 0 Å². The Bertz CT molecular complexity index is 1200. The molecule has 0 spiro atoms. The van der Waals surface area contributed by atoms with E-state index < -0.39 is 5.82 Å². The molecular weight excluding hydrogens is 369 g/mol. The molecule has 5 rings (SSSR count). The molecule has 6 nitrogen and oxygen atoms in total. The second kappa shape index (κ2) is 7.09. The van der Waals surface area contributed by atoms with Crippen LogP contribution in [0.5, 0.6) is 0 Å². The zero-order valence-electron chi connectivity index (χ0n) is 15.5. The average molecular weight is 387 g/mol. The van der Waals surface area contributed by atoms with Gasteiger partial charge in [-0.3, -0.25) is 14.3 Å². The van der Waals surface area contributed by atoms with Gasteiger partial charge in [0.2, 0.25) is 0 Å². The number of fused-ring (bicyclic) bond motifs is 1. The number of rotatable bonds is 5. The molecule has 4 aromatic rings. The van der Waals surface area contributed by atoms with Crippen LogP contribution in [0.3, 0.4) is 0 Å². The van der Waals surface area contributed by atoms with Crippen LogP contribution in [0.4, 0.5) is 4.39 Å². The molecule has 1 aliphatic carbocycles. The smallest absolute Gasteiger partial charge is 0.253 e. The Labute approximate surface area is 166 Å². The standard InChI is InChI=1S/C22H18FN5O/c23-18-11-10-17(20-16(18)7-4-12-24-20)22(29)25-13-19-26-27-21(14-8-9-14)28(19)15-5-2-1-3-6-15/h1-7,10-12,14H,8-9,13H2,(H,25,29). The van der Waals surface area contributed by atoms with Crippen molar-refractivity contribution in [1.82, 2.24) is 25.1 Å². The van der Waals surface area contributed by atoms with Crippen LogP contribution in [0.2, 0.25) is 0 Å². The molecule has 0 bridgehead atoms. The summed E-state index contributed by atoms with van der Waals surface area (Å²) in [6.07, 6.45) is 3.75. The topological polar surface area (TPSA) is 72.7 Å². The zero-order chi connectivity index (χ0) is 19.8. The largest absolute Gasteiger partial charge is 0.345 e. The van der Waals surface area contributed by atoms with Gasteiger partial charge in [-0.1, -0.05) is 18.2 Å². The summed E-state index contributed by atoms with van der Waals surface area (Å²) in [4.78, 5) is 17.0. The van der Waals surface area contributed by atoms with Gasteiger partial charge in [0.1, 0.15) is 11.6 Å². The number of nitrogens with zero attached hydrogens (tertiary/aromatic N) is 4. The molecule has 0 saturated heterocycles. The number of hydrogen-bond acceptors (Lipinski definition) is 4. The first-order chi connectivity index (χ1) is 14.2. The van der Waals surface area contributed by atoms with Crippen molar-refractivity contribution in [2.45, 2.75) is 25.3 Å². The Balaban J connectivity index is 1.44. The normalized spacial score (nSPS) is 13.6. The first kappa shape index (κ1) is 17.5. The van der Waals surface area contributed by atoms with Gasteiger partial charge in [-0.15, -0.1) is 10.2 Å².